The normalized spacial score (nSPS) is 31.1. The van der Waals surface area contributed by atoms with Crippen molar-refractivity contribution in [1.82, 2.24) is 5.32 Å². The molecule has 1 N–H and O–H groups in total. The van der Waals surface area contributed by atoms with Crippen molar-refractivity contribution in [2.45, 2.75) is 63.5 Å². The van der Waals surface area contributed by atoms with Gasteiger partial charge in [0.15, 0.2) is 0 Å². The van der Waals surface area contributed by atoms with Crippen LogP contribution in [-0.4, -0.2) is 16.9 Å². The zero-order valence-corrected chi connectivity index (χ0v) is 8.65. The molecule has 1 spiro atoms. The molecule has 0 aromatic carbocycles. The van der Waals surface area contributed by atoms with Crippen molar-refractivity contribution >= 4 is 5.78 Å². The van der Waals surface area contributed by atoms with Crippen LogP contribution in [0.4, 0.5) is 0 Å². The first-order chi connectivity index (χ1) is 6.02. The Labute approximate surface area is 80.1 Å². The van der Waals surface area contributed by atoms with E-state index in [1.54, 1.807) is 0 Å². The second-order valence-electron chi connectivity index (χ2n) is 5.39. The number of nitrogens with one attached hydrogen (secondary N) is 1. The monoisotopic (exact) mass is 181 g/mol. The number of carbonyl (C=O) groups is 1. The van der Waals surface area contributed by atoms with Crippen molar-refractivity contribution in [1.29, 1.82) is 0 Å². The molecule has 74 valence electrons. The van der Waals surface area contributed by atoms with Crippen LogP contribution in [0.2, 0.25) is 0 Å². The van der Waals surface area contributed by atoms with Gasteiger partial charge >= 0.3 is 0 Å². The van der Waals surface area contributed by atoms with Crippen molar-refractivity contribution in [2.75, 3.05) is 0 Å². The lowest BCUT2D eigenvalue weighted by Gasteiger charge is -2.43. The highest BCUT2D eigenvalue weighted by atomic mass is 16.1. The third-order valence-electron chi connectivity index (χ3n) is 3.34. The molecule has 0 unspecified atom stereocenters. The van der Waals surface area contributed by atoms with E-state index in [4.69, 9.17) is 0 Å². The fraction of sp³-hybridized carbons (Fsp3) is 0.909. The minimum Gasteiger partial charge on any atom is -0.305 e. The van der Waals surface area contributed by atoms with Crippen molar-refractivity contribution < 1.29 is 4.79 Å². The van der Waals surface area contributed by atoms with Gasteiger partial charge in [-0.25, -0.2) is 0 Å². The van der Waals surface area contributed by atoms with Crippen LogP contribution in [0.5, 0.6) is 0 Å². The smallest absolute Gasteiger partial charge is 0.136 e. The van der Waals surface area contributed by atoms with E-state index in [-0.39, 0.29) is 11.1 Å². The lowest BCUT2D eigenvalue weighted by molar-refractivity contribution is -0.124. The molecule has 1 saturated heterocycles. The second kappa shape index (κ2) is 2.81. The first-order valence-corrected chi connectivity index (χ1v) is 5.33. The van der Waals surface area contributed by atoms with E-state index in [9.17, 15) is 4.79 Å². The van der Waals surface area contributed by atoms with Crippen LogP contribution in [-0.2, 0) is 4.79 Å². The quantitative estimate of drug-likeness (QED) is 0.619. The summed E-state index contributed by atoms with van der Waals surface area (Å²) in [7, 11) is 0. The number of rotatable bonds is 0. The third-order valence-corrected chi connectivity index (χ3v) is 3.34. The van der Waals surface area contributed by atoms with E-state index < -0.39 is 0 Å². The van der Waals surface area contributed by atoms with E-state index in [0.29, 0.717) is 12.2 Å². The molecule has 1 aliphatic carbocycles. The summed E-state index contributed by atoms with van der Waals surface area (Å²) < 4.78 is 0. The van der Waals surface area contributed by atoms with Crippen LogP contribution in [0.15, 0.2) is 0 Å². The first kappa shape index (κ1) is 9.20. The lowest BCUT2D eigenvalue weighted by atomic mass is 9.79. The van der Waals surface area contributed by atoms with Crippen LogP contribution >= 0.6 is 0 Å². The maximum Gasteiger partial charge on any atom is 0.136 e. The van der Waals surface area contributed by atoms with Gasteiger partial charge in [0.25, 0.3) is 0 Å². The van der Waals surface area contributed by atoms with Crippen molar-refractivity contribution in [3.05, 3.63) is 0 Å². The maximum atomic E-state index is 11.6. The molecule has 0 bridgehead atoms. The Morgan fingerprint density at radius 2 is 1.77 bits per heavy atom. The average Bonchev–Trinajstić information content (AvgIpc) is 2.31. The van der Waals surface area contributed by atoms with Crippen LogP contribution in [0.25, 0.3) is 0 Å². The molecular formula is C11H19NO. The molecule has 2 aliphatic rings. The van der Waals surface area contributed by atoms with E-state index in [2.05, 4.69) is 19.2 Å². The molecule has 1 aliphatic heterocycles. The summed E-state index contributed by atoms with van der Waals surface area (Å²) in [5.74, 6) is 0.450. The molecule has 2 rings (SSSR count). The molecule has 0 aromatic heterocycles. The topological polar surface area (TPSA) is 29.1 Å². The molecule has 2 heteroatoms. The largest absolute Gasteiger partial charge is 0.305 e. The molecule has 13 heavy (non-hydrogen) atoms. The van der Waals surface area contributed by atoms with E-state index >= 15 is 0 Å². The SMILES string of the molecule is CC1(C)CC(=O)CC2(CCCC2)N1. The van der Waals surface area contributed by atoms with Gasteiger partial charge in [-0.15, -0.1) is 0 Å². The Morgan fingerprint density at radius 3 is 2.31 bits per heavy atom. The number of hydrogen-bond acceptors (Lipinski definition) is 2. The highest BCUT2D eigenvalue weighted by Gasteiger charge is 2.44. The van der Waals surface area contributed by atoms with Crippen LogP contribution in [0, 0.1) is 0 Å². The Hall–Kier alpha value is -0.370. The summed E-state index contributed by atoms with van der Waals surface area (Å²) in [6.07, 6.45) is 6.45. The summed E-state index contributed by atoms with van der Waals surface area (Å²) in [4.78, 5) is 11.6. The minimum atomic E-state index is 0.0275. The van der Waals surface area contributed by atoms with Gasteiger partial charge < -0.3 is 5.32 Å². The fourth-order valence-corrected chi connectivity index (χ4v) is 3.09. The molecule has 0 aromatic rings. The van der Waals surface area contributed by atoms with Crippen molar-refractivity contribution in [2.24, 2.45) is 0 Å². The van der Waals surface area contributed by atoms with Gasteiger partial charge in [0.1, 0.15) is 5.78 Å². The van der Waals surface area contributed by atoms with Gasteiger partial charge in [-0.1, -0.05) is 12.8 Å². The van der Waals surface area contributed by atoms with Crippen LogP contribution in [0.1, 0.15) is 52.4 Å². The predicted molar refractivity (Wildman–Crippen MR) is 52.7 cm³/mol. The highest BCUT2D eigenvalue weighted by Crippen LogP contribution is 2.38. The molecule has 0 radical (unpaired) electrons. The molecule has 0 atom stereocenters. The van der Waals surface area contributed by atoms with Crippen LogP contribution < -0.4 is 5.32 Å². The standard InChI is InChI=1S/C11H19NO/c1-10(2)7-9(13)8-11(12-10)5-3-4-6-11/h12H,3-8H2,1-2H3. The summed E-state index contributed by atoms with van der Waals surface area (Å²) >= 11 is 0. The molecule has 2 nitrogen and oxygen atoms in total. The predicted octanol–water partition coefficient (Wildman–Crippen LogP) is 2.03. The third kappa shape index (κ3) is 1.78. The Kier molecular flexibility index (Phi) is 1.99. The second-order valence-corrected chi connectivity index (χ2v) is 5.39. The van der Waals surface area contributed by atoms with E-state index in [1.165, 1.54) is 25.7 Å². The van der Waals surface area contributed by atoms with Crippen molar-refractivity contribution in [3.8, 4) is 0 Å². The Balaban J connectivity index is 2.17. The van der Waals surface area contributed by atoms with E-state index in [0.717, 1.165) is 6.42 Å². The van der Waals surface area contributed by atoms with Gasteiger partial charge in [-0.05, 0) is 26.7 Å². The zero-order chi connectivity index (χ0) is 9.53. The first-order valence-electron chi connectivity index (χ1n) is 5.33. The van der Waals surface area contributed by atoms with Gasteiger partial charge in [-0.2, -0.15) is 0 Å². The van der Waals surface area contributed by atoms with Crippen molar-refractivity contribution in [3.63, 3.8) is 0 Å². The minimum absolute atomic E-state index is 0.0275. The summed E-state index contributed by atoms with van der Waals surface area (Å²) in [5, 5.41) is 3.68. The maximum absolute atomic E-state index is 11.6. The zero-order valence-electron chi connectivity index (χ0n) is 8.65. The number of ketones is 1. The highest BCUT2D eigenvalue weighted by molar-refractivity contribution is 5.82. The van der Waals surface area contributed by atoms with Gasteiger partial charge in [0, 0.05) is 23.9 Å². The molecule has 0 amide bonds. The molecular weight excluding hydrogens is 162 g/mol. The van der Waals surface area contributed by atoms with Gasteiger partial charge in [0.2, 0.25) is 0 Å². The number of piperidine rings is 1. The van der Waals surface area contributed by atoms with Gasteiger partial charge in [-0.3, -0.25) is 4.79 Å². The van der Waals surface area contributed by atoms with E-state index in [1.807, 2.05) is 0 Å². The summed E-state index contributed by atoms with van der Waals surface area (Å²) in [5.41, 5.74) is 0.207. The number of carbonyl (C=O) groups excluding carboxylic acids is 1. The van der Waals surface area contributed by atoms with Crippen LogP contribution in [0.3, 0.4) is 0 Å². The Bertz CT molecular complexity index is 226. The fourth-order valence-electron chi connectivity index (χ4n) is 3.09. The molecule has 2 fully saturated rings. The average molecular weight is 181 g/mol. The number of hydrogen-bond donors (Lipinski definition) is 1. The number of Topliss-reactive ketones (excluding diaryl/α,β-unsaturated/α-hetero) is 1. The lowest BCUT2D eigenvalue weighted by Crippen LogP contribution is -2.59. The summed E-state index contributed by atoms with van der Waals surface area (Å²) in [6.45, 7) is 4.29. The van der Waals surface area contributed by atoms with Gasteiger partial charge in [0.05, 0.1) is 0 Å². The molecule has 1 saturated carbocycles. The molecule has 1 heterocycles. The summed E-state index contributed by atoms with van der Waals surface area (Å²) in [6, 6.07) is 0. The Morgan fingerprint density at radius 1 is 1.15 bits per heavy atom.